The molecule has 2 rings (SSSR count). The Balaban J connectivity index is 2.30. The van der Waals surface area contributed by atoms with E-state index in [1.165, 1.54) is 13.2 Å². The number of benzene rings is 1. The summed E-state index contributed by atoms with van der Waals surface area (Å²) in [6.07, 6.45) is -0.892. The average Bonchev–Trinajstić information content (AvgIpc) is 2.85. The zero-order valence-corrected chi connectivity index (χ0v) is 11.1. The molecule has 0 saturated heterocycles. The van der Waals surface area contributed by atoms with E-state index in [-0.39, 0.29) is 5.76 Å². The van der Waals surface area contributed by atoms with Gasteiger partial charge in [0.25, 0.3) is 0 Å². The summed E-state index contributed by atoms with van der Waals surface area (Å²) in [6, 6.07) is 8.87. The fourth-order valence-corrected chi connectivity index (χ4v) is 2.04. The van der Waals surface area contributed by atoms with Gasteiger partial charge in [-0.15, -0.1) is 0 Å². The Hall–Kier alpha value is -2.07. The number of aliphatic hydroxyl groups excluding tert-OH is 1. The quantitative estimate of drug-likeness (QED) is 0.862. The summed E-state index contributed by atoms with van der Waals surface area (Å²) >= 11 is 0. The summed E-state index contributed by atoms with van der Waals surface area (Å²) in [5.41, 5.74) is 2.87. The molecule has 0 spiro atoms. The van der Waals surface area contributed by atoms with E-state index in [1.54, 1.807) is 6.07 Å². The van der Waals surface area contributed by atoms with Gasteiger partial charge in [0.2, 0.25) is 5.76 Å². The van der Waals surface area contributed by atoms with Gasteiger partial charge in [0.15, 0.2) is 0 Å². The van der Waals surface area contributed by atoms with Crippen LogP contribution in [0.25, 0.3) is 0 Å². The van der Waals surface area contributed by atoms with Crippen molar-refractivity contribution >= 4 is 5.97 Å². The van der Waals surface area contributed by atoms with Crippen LogP contribution < -0.4 is 0 Å². The average molecular weight is 260 g/mol. The van der Waals surface area contributed by atoms with Gasteiger partial charge in [0.1, 0.15) is 11.9 Å². The van der Waals surface area contributed by atoms with Crippen molar-refractivity contribution in [3.8, 4) is 0 Å². The van der Waals surface area contributed by atoms with Crippen molar-refractivity contribution in [2.45, 2.75) is 20.0 Å². The van der Waals surface area contributed by atoms with Crippen LogP contribution in [0.1, 0.15) is 39.1 Å². The second-order valence-electron chi connectivity index (χ2n) is 4.52. The van der Waals surface area contributed by atoms with Crippen molar-refractivity contribution in [2.24, 2.45) is 0 Å². The van der Waals surface area contributed by atoms with E-state index in [1.807, 2.05) is 32.0 Å². The SMILES string of the molecule is COC(=O)c1ccc(C(O)c2cc(C)cc(C)c2)o1. The highest BCUT2D eigenvalue weighted by Gasteiger charge is 2.18. The molecule has 19 heavy (non-hydrogen) atoms. The largest absolute Gasteiger partial charge is 0.463 e. The van der Waals surface area contributed by atoms with E-state index in [9.17, 15) is 9.90 Å². The number of methoxy groups -OCH3 is 1. The number of furan rings is 1. The standard InChI is InChI=1S/C15H16O4/c1-9-6-10(2)8-11(7-9)14(16)12-4-5-13(19-12)15(17)18-3/h4-8,14,16H,1-3H3. The first kappa shape index (κ1) is 13.4. The van der Waals surface area contributed by atoms with Gasteiger partial charge in [0.05, 0.1) is 7.11 Å². The molecular weight excluding hydrogens is 244 g/mol. The molecule has 100 valence electrons. The molecule has 0 aliphatic rings. The van der Waals surface area contributed by atoms with Crippen molar-refractivity contribution in [3.63, 3.8) is 0 Å². The molecule has 1 aromatic heterocycles. The number of hydrogen-bond acceptors (Lipinski definition) is 4. The zero-order valence-electron chi connectivity index (χ0n) is 11.1. The number of hydrogen-bond donors (Lipinski definition) is 1. The van der Waals surface area contributed by atoms with Crippen molar-refractivity contribution in [1.29, 1.82) is 0 Å². The van der Waals surface area contributed by atoms with Gasteiger partial charge < -0.3 is 14.3 Å². The number of esters is 1. The van der Waals surface area contributed by atoms with E-state index in [0.29, 0.717) is 5.76 Å². The van der Waals surface area contributed by atoms with Gasteiger partial charge in [0, 0.05) is 0 Å². The summed E-state index contributed by atoms with van der Waals surface area (Å²) in [5, 5.41) is 10.3. The third-order valence-electron chi connectivity index (χ3n) is 2.84. The summed E-state index contributed by atoms with van der Waals surface area (Å²) in [4.78, 5) is 11.3. The van der Waals surface area contributed by atoms with Gasteiger partial charge in [-0.05, 0) is 31.5 Å². The second kappa shape index (κ2) is 5.28. The van der Waals surface area contributed by atoms with E-state index in [2.05, 4.69) is 4.74 Å². The first-order valence-corrected chi connectivity index (χ1v) is 5.95. The zero-order chi connectivity index (χ0) is 14.0. The predicted molar refractivity (Wildman–Crippen MR) is 70.0 cm³/mol. The Kier molecular flexibility index (Phi) is 3.71. The van der Waals surface area contributed by atoms with Gasteiger partial charge in [-0.1, -0.05) is 29.3 Å². The van der Waals surface area contributed by atoms with Crippen LogP contribution in [0.15, 0.2) is 34.7 Å². The molecule has 1 heterocycles. The van der Waals surface area contributed by atoms with Gasteiger partial charge >= 0.3 is 5.97 Å². The molecule has 0 aliphatic heterocycles. The first-order chi connectivity index (χ1) is 9.01. The molecule has 0 saturated carbocycles. The lowest BCUT2D eigenvalue weighted by Crippen LogP contribution is -2.01. The molecule has 1 unspecified atom stereocenters. The van der Waals surface area contributed by atoms with Gasteiger partial charge in [-0.3, -0.25) is 0 Å². The Morgan fingerprint density at radius 2 is 1.84 bits per heavy atom. The lowest BCUT2D eigenvalue weighted by Gasteiger charge is -2.10. The third kappa shape index (κ3) is 2.85. The van der Waals surface area contributed by atoms with E-state index >= 15 is 0 Å². The minimum Gasteiger partial charge on any atom is -0.463 e. The molecule has 4 heteroatoms. The number of carbonyl (C=O) groups is 1. The number of rotatable bonds is 3. The van der Waals surface area contributed by atoms with Crippen LogP contribution in [0, 0.1) is 13.8 Å². The fraction of sp³-hybridized carbons (Fsp3) is 0.267. The Morgan fingerprint density at radius 1 is 1.21 bits per heavy atom. The lowest BCUT2D eigenvalue weighted by atomic mass is 10.0. The molecule has 0 amide bonds. The number of carbonyl (C=O) groups excluding carboxylic acids is 1. The van der Waals surface area contributed by atoms with Crippen LogP contribution >= 0.6 is 0 Å². The Morgan fingerprint density at radius 3 is 2.42 bits per heavy atom. The summed E-state index contributed by atoms with van der Waals surface area (Å²) in [6.45, 7) is 3.93. The van der Waals surface area contributed by atoms with Crippen LogP contribution in [0.2, 0.25) is 0 Å². The molecule has 0 radical (unpaired) electrons. The Labute approximate surface area is 111 Å². The molecule has 4 nitrogen and oxygen atoms in total. The smallest absolute Gasteiger partial charge is 0.373 e. The first-order valence-electron chi connectivity index (χ1n) is 5.95. The molecule has 1 atom stereocenters. The van der Waals surface area contributed by atoms with Crippen molar-refractivity contribution in [1.82, 2.24) is 0 Å². The van der Waals surface area contributed by atoms with Crippen LogP contribution in [-0.2, 0) is 4.74 Å². The summed E-state index contributed by atoms with van der Waals surface area (Å²) < 4.78 is 9.87. The molecule has 1 aromatic carbocycles. The number of aryl methyl sites for hydroxylation is 2. The van der Waals surface area contributed by atoms with Crippen LogP contribution in [0.5, 0.6) is 0 Å². The Bertz CT molecular complexity index is 578. The van der Waals surface area contributed by atoms with E-state index in [4.69, 9.17) is 4.42 Å². The highest BCUT2D eigenvalue weighted by Crippen LogP contribution is 2.25. The normalized spacial score (nSPS) is 12.2. The summed E-state index contributed by atoms with van der Waals surface area (Å²) in [7, 11) is 1.28. The van der Waals surface area contributed by atoms with Crippen molar-refractivity contribution < 1.29 is 19.1 Å². The number of ether oxygens (including phenoxy) is 1. The number of aliphatic hydroxyl groups is 1. The maximum absolute atomic E-state index is 11.3. The lowest BCUT2D eigenvalue weighted by molar-refractivity contribution is 0.0558. The minimum atomic E-state index is -0.892. The summed E-state index contributed by atoms with van der Waals surface area (Å²) in [5.74, 6) is -0.148. The molecule has 0 fully saturated rings. The molecule has 0 bridgehead atoms. The van der Waals surface area contributed by atoms with Crippen molar-refractivity contribution in [3.05, 3.63) is 58.5 Å². The second-order valence-corrected chi connectivity index (χ2v) is 4.52. The van der Waals surface area contributed by atoms with E-state index < -0.39 is 12.1 Å². The monoisotopic (exact) mass is 260 g/mol. The maximum Gasteiger partial charge on any atom is 0.373 e. The predicted octanol–water partition coefficient (Wildman–Crippen LogP) is 2.76. The topological polar surface area (TPSA) is 59.7 Å². The molecule has 2 aromatic rings. The van der Waals surface area contributed by atoms with E-state index in [0.717, 1.165) is 16.7 Å². The van der Waals surface area contributed by atoms with Crippen molar-refractivity contribution in [2.75, 3.05) is 7.11 Å². The van der Waals surface area contributed by atoms with Crippen LogP contribution in [0.3, 0.4) is 0 Å². The fourth-order valence-electron chi connectivity index (χ4n) is 2.04. The molecule has 1 N–H and O–H groups in total. The van der Waals surface area contributed by atoms with Crippen LogP contribution in [-0.4, -0.2) is 18.2 Å². The van der Waals surface area contributed by atoms with Crippen LogP contribution in [0.4, 0.5) is 0 Å². The maximum atomic E-state index is 11.3. The third-order valence-corrected chi connectivity index (χ3v) is 2.84. The molecule has 0 aliphatic carbocycles. The van der Waals surface area contributed by atoms with Gasteiger partial charge in [-0.2, -0.15) is 0 Å². The van der Waals surface area contributed by atoms with Gasteiger partial charge in [-0.25, -0.2) is 4.79 Å². The highest BCUT2D eigenvalue weighted by atomic mass is 16.5. The highest BCUT2D eigenvalue weighted by molar-refractivity contribution is 5.86. The minimum absolute atomic E-state index is 0.0842. The molecular formula is C15H16O4.